The van der Waals surface area contributed by atoms with Gasteiger partial charge in [0, 0.05) is 5.56 Å². The molecule has 1 aliphatic rings. The standard InChI is InChI=1S/C15H17NO2/c17-15(18)14-8-11-16(12-9-14)10-4-7-13-5-2-1-3-6-13/h1-3,5-6,14H,8-12H2,(H,17,18). The van der Waals surface area contributed by atoms with Gasteiger partial charge in [0.25, 0.3) is 0 Å². The van der Waals surface area contributed by atoms with Crippen LogP contribution in [0, 0.1) is 17.8 Å². The SMILES string of the molecule is O=C(O)C1CCN(CC#Cc2ccccc2)CC1. The van der Waals surface area contributed by atoms with Crippen LogP contribution in [0.15, 0.2) is 30.3 Å². The molecule has 3 nitrogen and oxygen atoms in total. The van der Waals surface area contributed by atoms with Crippen molar-refractivity contribution in [1.82, 2.24) is 4.90 Å². The Hall–Kier alpha value is -1.79. The third-order valence-corrected chi connectivity index (χ3v) is 3.25. The molecule has 0 atom stereocenters. The van der Waals surface area contributed by atoms with E-state index in [1.54, 1.807) is 0 Å². The minimum atomic E-state index is -0.662. The molecular formula is C15H17NO2. The predicted molar refractivity (Wildman–Crippen MR) is 70.1 cm³/mol. The lowest BCUT2D eigenvalue weighted by molar-refractivity contribution is -0.143. The molecule has 0 unspecified atom stereocenters. The first-order valence-electron chi connectivity index (χ1n) is 6.25. The summed E-state index contributed by atoms with van der Waals surface area (Å²) in [4.78, 5) is 13.0. The van der Waals surface area contributed by atoms with Gasteiger partial charge < -0.3 is 5.11 Å². The summed E-state index contributed by atoms with van der Waals surface area (Å²) in [6.07, 6.45) is 1.48. The first-order chi connectivity index (χ1) is 8.75. The Kier molecular flexibility index (Phi) is 4.38. The molecule has 1 N–H and O–H groups in total. The van der Waals surface area contributed by atoms with Crippen molar-refractivity contribution in [3.05, 3.63) is 35.9 Å². The number of carboxylic acid groups (broad SMARTS) is 1. The summed E-state index contributed by atoms with van der Waals surface area (Å²) in [6, 6.07) is 9.90. The van der Waals surface area contributed by atoms with E-state index in [1.807, 2.05) is 30.3 Å². The highest BCUT2D eigenvalue weighted by molar-refractivity contribution is 5.70. The summed E-state index contributed by atoms with van der Waals surface area (Å²) in [5.74, 6) is 5.44. The quantitative estimate of drug-likeness (QED) is 0.806. The topological polar surface area (TPSA) is 40.5 Å². The second kappa shape index (κ2) is 6.23. The van der Waals surface area contributed by atoms with Gasteiger partial charge in [0.2, 0.25) is 0 Å². The van der Waals surface area contributed by atoms with E-state index >= 15 is 0 Å². The molecule has 0 aliphatic carbocycles. The van der Waals surface area contributed by atoms with Crippen LogP contribution in [0.5, 0.6) is 0 Å². The van der Waals surface area contributed by atoms with Gasteiger partial charge >= 0.3 is 5.97 Å². The molecule has 0 saturated carbocycles. The summed E-state index contributed by atoms with van der Waals surface area (Å²) < 4.78 is 0. The van der Waals surface area contributed by atoms with Crippen LogP contribution in [0.2, 0.25) is 0 Å². The molecule has 0 amide bonds. The van der Waals surface area contributed by atoms with Crippen molar-refractivity contribution < 1.29 is 9.90 Å². The van der Waals surface area contributed by atoms with E-state index in [-0.39, 0.29) is 5.92 Å². The number of aliphatic carboxylic acids is 1. The second-order valence-electron chi connectivity index (χ2n) is 4.56. The Morgan fingerprint density at radius 2 is 1.94 bits per heavy atom. The van der Waals surface area contributed by atoms with E-state index < -0.39 is 5.97 Å². The van der Waals surface area contributed by atoms with E-state index in [2.05, 4.69) is 16.7 Å². The largest absolute Gasteiger partial charge is 0.481 e. The maximum atomic E-state index is 10.8. The predicted octanol–water partition coefficient (Wildman–Crippen LogP) is 1.83. The van der Waals surface area contributed by atoms with Gasteiger partial charge in [-0.05, 0) is 38.1 Å². The first kappa shape index (κ1) is 12.7. The minimum absolute atomic E-state index is 0.164. The fraction of sp³-hybridized carbons (Fsp3) is 0.400. The fourth-order valence-electron chi connectivity index (χ4n) is 2.11. The van der Waals surface area contributed by atoms with Crippen molar-refractivity contribution in [3.8, 4) is 11.8 Å². The zero-order valence-electron chi connectivity index (χ0n) is 10.3. The average Bonchev–Trinajstić information content (AvgIpc) is 2.40. The van der Waals surface area contributed by atoms with E-state index in [1.165, 1.54) is 0 Å². The van der Waals surface area contributed by atoms with Crippen LogP contribution in [0.1, 0.15) is 18.4 Å². The Balaban J connectivity index is 1.79. The molecule has 1 aromatic rings. The number of carbonyl (C=O) groups is 1. The highest BCUT2D eigenvalue weighted by Crippen LogP contribution is 2.16. The molecule has 18 heavy (non-hydrogen) atoms. The number of nitrogens with zero attached hydrogens (tertiary/aromatic N) is 1. The monoisotopic (exact) mass is 243 g/mol. The maximum absolute atomic E-state index is 10.8. The van der Waals surface area contributed by atoms with Gasteiger partial charge in [0.1, 0.15) is 0 Å². The molecule has 1 saturated heterocycles. The molecule has 94 valence electrons. The Morgan fingerprint density at radius 3 is 2.56 bits per heavy atom. The number of hydrogen-bond donors (Lipinski definition) is 1. The molecule has 0 spiro atoms. The highest BCUT2D eigenvalue weighted by atomic mass is 16.4. The van der Waals surface area contributed by atoms with Crippen molar-refractivity contribution in [2.45, 2.75) is 12.8 Å². The Labute approximate surface area is 107 Å². The van der Waals surface area contributed by atoms with Gasteiger partial charge in [0.05, 0.1) is 12.5 Å². The van der Waals surface area contributed by atoms with Gasteiger partial charge in [0.15, 0.2) is 0 Å². The number of carboxylic acids is 1. The van der Waals surface area contributed by atoms with Crippen molar-refractivity contribution in [2.75, 3.05) is 19.6 Å². The van der Waals surface area contributed by atoms with Crippen molar-refractivity contribution in [2.24, 2.45) is 5.92 Å². The van der Waals surface area contributed by atoms with Crippen LogP contribution < -0.4 is 0 Å². The number of benzene rings is 1. The lowest BCUT2D eigenvalue weighted by atomic mass is 9.97. The molecule has 2 rings (SSSR count). The van der Waals surface area contributed by atoms with E-state index in [0.29, 0.717) is 0 Å². The number of rotatable bonds is 2. The summed E-state index contributed by atoms with van der Waals surface area (Å²) in [6.45, 7) is 2.39. The average molecular weight is 243 g/mol. The third kappa shape index (κ3) is 3.61. The van der Waals surface area contributed by atoms with Crippen molar-refractivity contribution >= 4 is 5.97 Å². The molecule has 0 bridgehead atoms. The maximum Gasteiger partial charge on any atom is 0.306 e. The van der Waals surface area contributed by atoms with Crippen LogP contribution in [-0.4, -0.2) is 35.6 Å². The zero-order chi connectivity index (χ0) is 12.8. The van der Waals surface area contributed by atoms with E-state index in [0.717, 1.165) is 38.0 Å². The van der Waals surface area contributed by atoms with Crippen LogP contribution in [0.3, 0.4) is 0 Å². The van der Waals surface area contributed by atoms with Crippen LogP contribution in [-0.2, 0) is 4.79 Å². The number of piperidine rings is 1. The Bertz CT molecular complexity index is 450. The van der Waals surface area contributed by atoms with Crippen LogP contribution in [0.4, 0.5) is 0 Å². The lowest BCUT2D eigenvalue weighted by Gasteiger charge is -2.28. The molecule has 3 heteroatoms. The summed E-state index contributed by atoms with van der Waals surface area (Å²) in [7, 11) is 0. The summed E-state index contributed by atoms with van der Waals surface area (Å²) >= 11 is 0. The zero-order valence-corrected chi connectivity index (χ0v) is 10.3. The molecule has 1 aliphatic heterocycles. The second-order valence-corrected chi connectivity index (χ2v) is 4.56. The molecule has 1 heterocycles. The molecule has 1 aromatic carbocycles. The number of hydrogen-bond acceptors (Lipinski definition) is 2. The highest BCUT2D eigenvalue weighted by Gasteiger charge is 2.23. The van der Waals surface area contributed by atoms with Gasteiger partial charge in [-0.2, -0.15) is 0 Å². The van der Waals surface area contributed by atoms with Crippen LogP contribution >= 0.6 is 0 Å². The summed E-state index contributed by atoms with van der Waals surface area (Å²) in [5.41, 5.74) is 1.03. The molecule has 0 radical (unpaired) electrons. The Morgan fingerprint density at radius 1 is 1.28 bits per heavy atom. The molecule has 0 aromatic heterocycles. The van der Waals surface area contributed by atoms with Crippen molar-refractivity contribution in [1.29, 1.82) is 0 Å². The van der Waals surface area contributed by atoms with Crippen LogP contribution in [0.25, 0.3) is 0 Å². The minimum Gasteiger partial charge on any atom is -0.481 e. The molecule has 1 fully saturated rings. The normalized spacial score (nSPS) is 16.9. The van der Waals surface area contributed by atoms with Gasteiger partial charge in [-0.25, -0.2) is 0 Å². The van der Waals surface area contributed by atoms with E-state index in [4.69, 9.17) is 5.11 Å². The van der Waals surface area contributed by atoms with Crippen molar-refractivity contribution in [3.63, 3.8) is 0 Å². The lowest BCUT2D eigenvalue weighted by Crippen LogP contribution is -2.36. The smallest absolute Gasteiger partial charge is 0.306 e. The number of likely N-dealkylation sites (tertiary alicyclic amines) is 1. The molecular weight excluding hydrogens is 226 g/mol. The third-order valence-electron chi connectivity index (χ3n) is 3.25. The van der Waals surface area contributed by atoms with Gasteiger partial charge in [-0.1, -0.05) is 30.0 Å². The fourth-order valence-corrected chi connectivity index (χ4v) is 2.11. The first-order valence-corrected chi connectivity index (χ1v) is 6.25. The summed E-state index contributed by atoms with van der Waals surface area (Å²) in [5, 5.41) is 8.90. The van der Waals surface area contributed by atoms with Gasteiger partial charge in [-0.15, -0.1) is 0 Å². The van der Waals surface area contributed by atoms with Gasteiger partial charge in [-0.3, -0.25) is 9.69 Å². The van der Waals surface area contributed by atoms with E-state index in [9.17, 15) is 4.79 Å².